The molecule has 0 fully saturated rings. The number of hydrogen-bond acceptors (Lipinski definition) is 4. The molecule has 0 spiro atoms. The Hall–Kier alpha value is -1.55. The average Bonchev–Trinajstić information content (AvgIpc) is 2.77. The van der Waals surface area contributed by atoms with Crippen LogP contribution in [0.5, 0.6) is 0 Å². The summed E-state index contributed by atoms with van der Waals surface area (Å²) in [5.74, 6) is 1.81. The minimum absolute atomic E-state index is 0.668. The molecule has 0 amide bonds. The van der Waals surface area contributed by atoms with E-state index in [-0.39, 0.29) is 0 Å². The van der Waals surface area contributed by atoms with Crippen LogP contribution in [0.15, 0.2) is 27.3 Å². The van der Waals surface area contributed by atoms with Gasteiger partial charge in [0.15, 0.2) is 5.76 Å². The minimum atomic E-state index is 0.668. The number of nitrogens with zero attached hydrogens (tertiary/aromatic N) is 1. The van der Waals surface area contributed by atoms with E-state index < -0.39 is 0 Å². The van der Waals surface area contributed by atoms with Crippen molar-refractivity contribution in [2.75, 3.05) is 0 Å². The van der Waals surface area contributed by atoms with Gasteiger partial charge in [-0.2, -0.15) is 0 Å². The molecule has 15 heavy (non-hydrogen) atoms. The van der Waals surface area contributed by atoms with Crippen molar-refractivity contribution in [1.29, 1.82) is 0 Å². The Morgan fingerprint density at radius 1 is 1.33 bits per heavy atom. The summed E-state index contributed by atoms with van der Waals surface area (Å²) >= 11 is 0. The maximum atomic E-state index is 5.30. The molecular weight excluding hydrogens is 192 g/mol. The zero-order valence-corrected chi connectivity index (χ0v) is 8.91. The lowest BCUT2D eigenvalue weighted by molar-refractivity contribution is 0.365. The van der Waals surface area contributed by atoms with E-state index in [9.17, 15) is 0 Å². The smallest absolute Gasteiger partial charge is 0.150 e. The number of rotatable bonds is 4. The van der Waals surface area contributed by atoms with E-state index in [1.165, 1.54) is 0 Å². The zero-order valence-electron chi connectivity index (χ0n) is 8.91. The third-order valence-electron chi connectivity index (χ3n) is 2.23. The van der Waals surface area contributed by atoms with E-state index in [2.05, 4.69) is 10.5 Å². The third kappa shape index (κ3) is 2.47. The molecule has 0 atom stereocenters. The summed E-state index contributed by atoms with van der Waals surface area (Å²) in [6.45, 7) is 5.31. The predicted octanol–water partition coefficient (Wildman–Crippen LogP) is 2.17. The molecule has 2 rings (SSSR count). The molecule has 4 nitrogen and oxygen atoms in total. The highest BCUT2D eigenvalue weighted by Crippen LogP contribution is 2.08. The van der Waals surface area contributed by atoms with Gasteiger partial charge < -0.3 is 14.3 Å². The van der Waals surface area contributed by atoms with Crippen LogP contribution in [0.25, 0.3) is 0 Å². The van der Waals surface area contributed by atoms with Crippen molar-refractivity contribution < 1.29 is 8.94 Å². The van der Waals surface area contributed by atoms with Gasteiger partial charge >= 0.3 is 0 Å². The molecule has 0 aliphatic rings. The summed E-state index contributed by atoms with van der Waals surface area (Å²) in [5, 5.41) is 7.04. The van der Waals surface area contributed by atoms with E-state index in [1.807, 2.05) is 26.0 Å². The van der Waals surface area contributed by atoms with Gasteiger partial charge in [-0.05, 0) is 25.5 Å². The van der Waals surface area contributed by atoms with E-state index in [4.69, 9.17) is 8.94 Å². The van der Waals surface area contributed by atoms with E-state index in [0.29, 0.717) is 13.1 Å². The molecule has 0 saturated carbocycles. The fourth-order valence-electron chi connectivity index (χ4n) is 1.38. The average molecular weight is 206 g/mol. The van der Waals surface area contributed by atoms with E-state index in [1.54, 1.807) is 6.26 Å². The van der Waals surface area contributed by atoms with Crippen molar-refractivity contribution in [3.63, 3.8) is 0 Å². The Labute approximate surface area is 88.3 Å². The monoisotopic (exact) mass is 206 g/mol. The highest BCUT2D eigenvalue weighted by atomic mass is 16.5. The van der Waals surface area contributed by atoms with Crippen LogP contribution in [0.2, 0.25) is 0 Å². The Kier molecular flexibility index (Phi) is 2.87. The van der Waals surface area contributed by atoms with Gasteiger partial charge in [-0.25, -0.2) is 0 Å². The third-order valence-corrected chi connectivity index (χ3v) is 2.23. The predicted molar refractivity (Wildman–Crippen MR) is 55.2 cm³/mol. The van der Waals surface area contributed by atoms with Gasteiger partial charge in [-0.3, -0.25) is 0 Å². The number of aryl methyl sites for hydroxylation is 2. The molecule has 2 aromatic heterocycles. The van der Waals surface area contributed by atoms with Gasteiger partial charge in [0.2, 0.25) is 0 Å². The highest BCUT2D eigenvalue weighted by molar-refractivity contribution is 5.14. The second kappa shape index (κ2) is 4.31. The second-order valence-corrected chi connectivity index (χ2v) is 3.56. The van der Waals surface area contributed by atoms with Crippen LogP contribution in [-0.4, -0.2) is 5.16 Å². The Bertz CT molecular complexity index is 431. The summed E-state index contributed by atoms with van der Waals surface area (Å²) in [6.07, 6.45) is 1.70. The molecule has 0 aromatic carbocycles. The topological polar surface area (TPSA) is 51.2 Å². The van der Waals surface area contributed by atoms with Crippen LogP contribution < -0.4 is 5.32 Å². The number of aromatic nitrogens is 1. The summed E-state index contributed by atoms with van der Waals surface area (Å²) in [7, 11) is 0. The van der Waals surface area contributed by atoms with E-state index >= 15 is 0 Å². The molecule has 0 radical (unpaired) electrons. The van der Waals surface area contributed by atoms with Crippen molar-refractivity contribution in [3.8, 4) is 0 Å². The second-order valence-electron chi connectivity index (χ2n) is 3.56. The fraction of sp³-hybridized carbons (Fsp3) is 0.364. The maximum absolute atomic E-state index is 5.30. The number of furan rings is 1. The van der Waals surface area contributed by atoms with Crippen molar-refractivity contribution in [2.24, 2.45) is 0 Å². The first kappa shape index (κ1) is 9.98. The first-order valence-corrected chi connectivity index (χ1v) is 4.91. The standard InChI is InChI=1S/C11H14N2O2/c1-8-3-4-14-11(8)7-12-6-10-5-9(2)13-15-10/h3-5,12H,6-7H2,1-2H3. The van der Waals surface area contributed by atoms with Crippen LogP contribution >= 0.6 is 0 Å². The lowest BCUT2D eigenvalue weighted by Gasteiger charge is -1.99. The van der Waals surface area contributed by atoms with Gasteiger partial charge in [0, 0.05) is 6.07 Å². The number of nitrogens with one attached hydrogen (secondary N) is 1. The lowest BCUT2D eigenvalue weighted by atomic mass is 10.3. The molecule has 4 heteroatoms. The molecule has 1 N–H and O–H groups in total. The van der Waals surface area contributed by atoms with Gasteiger partial charge in [-0.1, -0.05) is 5.16 Å². The van der Waals surface area contributed by atoms with Gasteiger partial charge in [0.05, 0.1) is 25.0 Å². The molecule has 0 unspecified atom stereocenters. The Morgan fingerprint density at radius 2 is 2.20 bits per heavy atom. The van der Waals surface area contributed by atoms with Crippen LogP contribution in [0.4, 0.5) is 0 Å². The minimum Gasteiger partial charge on any atom is -0.468 e. The number of hydrogen-bond donors (Lipinski definition) is 1. The summed E-state index contributed by atoms with van der Waals surface area (Å²) in [6, 6.07) is 3.87. The van der Waals surface area contributed by atoms with Crippen molar-refractivity contribution in [2.45, 2.75) is 26.9 Å². The SMILES string of the molecule is Cc1cc(CNCc2occc2C)on1. The highest BCUT2D eigenvalue weighted by Gasteiger charge is 2.03. The molecule has 0 aliphatic heterocycles. The fourth-order valence-corrected chi connectivity index (χ4v) is 1.38. The van der Waals surface area contributed by atoms with Crippen molar-refractivity contribution >= 4 is 0 Å². The van der Waals surface area contributed by atoms with Crippen molar-refractivity contribution in [1.82, 2.24) is 10.5 Å². The molecular formula is C11H14N2O2. The molecule has 2 heterocycles. The summed E-state index contributed by atoms with van der Waals surface area (Å²) in [4.78, 5) is 0. The molecule has 80 valence electrons. The summed E-state index contributed by atoms with van der Waals surface area (Å²) < 4.78 is 10.4. The van der Waals surface area contributed by atoms with Crippen LogP contribution in [-0.2, 0) is 13.1 Å². The van der Waals surface area contributed by atoms with Gasteiger partial charge in [0.1, 0.15) is 5.76 Å². The van der Waals surface area contributed by atoms with Crippen LogP contribution in [0.3, 0.4) is 0 Å². The molecule has 2 aromatic rings. The molecule has 0 saturated heterocycles. The molecule has 0 aliphatic carbocycles. The molecule has 0 bridgehead atoms. The Morgan fingerprint density at radius 3 is 2.80 bits per heavy atom. The quantitative estimate of drug-likeness (QED) is 0.833. The first-order chi connectivity index (χ1) is 7.25. The van der Waals surface area contributed by atoms with E-state index in [0.717, 1.165) is 22.8 Å². The van der Waals surface area contributed by atoms with Gasteiger partial charge in [-0.15, -0.1) is 0 Å². The van der Waals surface area contributed by atoms with Crippen LogP contribution in [0, 0.1) is 13.8 Å². The largest absolute Gasteiger partial charge is 0.468 e. The first-order valence-electron chi connectivity index (χ1n) is 4.91. The van der Waals surface area contributed by atoms with Crippen molar-refractivity contribution in [3.05, 3.63) is 41.2 Å². The van der Waals surface area contributed by atoms with Gasteiger partial charge in [0.25, 0.3) is 0 Å². The Balaban J connectivity index is 1.83. The van der Waals surface area contributed by atoms with Crippen LogP contribution in [0.1, 0.15) is 22.8 Å². The lowest BCUT2D eigenvalue weighted by Crippen LogP contribution is -2.12. The normalized spacial score (nSPS) is 10.8. The summed E-state index contributed by atoms with van der Waals surface area (Å²) in [5.41, 5.74) is 2.07. The maximum Gasteiger partial charge on any atom is 0.150 e. The zero-order chi connectivity index (χ0) is 10.7.